The second kappa shape index (κ2) is 4.26. The molecule has 1 heterocycles. The molecule has 0 spiro atoms. The van der Waals surface area contributed by atoms with Gasteiger partial charge in [-0.25, -0.2) is 4.79 Å². The fourth-order valence-electron chi connectivity index (χ4n) is 1.29. The summed E-state index contributed by atoms with van der Waals surface area (Å²) in [5.41, 5.74) is 1.62. The molecule has 1 aromatic heterocycles. The molecule has 0 bridgehead atoms. The summed E-state index contributed by atoms with van der Waals surface area (Å²) in [6.45, 7) is 5.98. The molecule has 0 aliphatic rings. The van der Waals surface area contributed by atoms with Crippen LogP contribution in [0.15, 0.2) is 4.52 Å². The first-order valence-corrected chi connectivity index (χ1v) is 4.59. The summed E-state index contributed by atoms with van der Waals surface area (Å²) in [4.78, 5) is 11.3. The smallest absolute Gasteiger partial charge is 0.377 e. The third kappa shape index (κ3) is 2.13. The van der Waals surface area contributed by atoms with E-state index in [0.717, 1.165) is 17.7 Å². The Morgan fingerprint density at radius 3 is 2.71 bits per heavy atom. The van der Waals surface area contributed by atoms with Gasteiger partial charge >= 0.3 is 5.97 Å². The number of esters is 1. The minimum atomic E-state index is -0.457. The molecule has 0 N–H and O–H groups in total. The topological polar surface area (TPSA) is 52.3 Å². The van der Waals surface area contributed by atoms with Crippen LogP contribution in [-0.4, -0.2) is 18.2 Å². The standard InChI is InChI=1S/C10H15NO3/c1-6(2)5-8-7(3)11-14-9(8)10(12)13-4/h6H,5H2,1-4H3. The lowest BCUT2D eigenvalue weighted by Gasteiger charge is -2.03. The Labute approximate surface area is 83.2 Å². The number of hydrogen-bond acceptors (Lipinski definition) is 4. The van der Waals surface area contributed by atoms with Crippen LogP contribution >= 0.6 is 0 Å². The lowest BCUT2D eigenvalue weighted by Crippen LogP contribution is -2.06. The van der Waals surface area contributed by atoms with Gasteiger partial charge in [0.05, 0.1) is 12.8 Å². The van der Waals surface area contributed by atoms with Crippen LogP contribution in [0, 0.1) is 12.8 Å². The summed E-state index contributed by atoms with van der Waals surface area (Å²) in [7, 11) is 1.33. The normalized spacial score (nSPS) is 10.6. The fourth-order valence-corrected chi connectivity index (χ4v) is 1.29. The molecule has 14 heavy (non-hydrogen) atoms. The van der Waals surface area contributed by atoms with E-state index in [4.69, 9.17) is 4.52 Å². The van der Waals surface area contributed by atoms with Crippen molar-refractivity contribution in [1.29, 1.82) is 0 Å². The highest BCUT2D eigenvalue weighted by molar-refractivity contribution is 5.87. The van der Waals surface area contributed by atoms with Crippen molar-refractivity contribution in [1.82, 2.24) is 5.16 Å². The third-order valence-corrected chi connectivity index (χ3v) is 1.97. The number of carbonyl (C=O) groups is 1. The molecular weight excluding hydrogens is 182 g/mol. The molecule has 4 heteroatoms. The highest BCUT2D eigenvalue weighted by Crippen LogP contribution is 2.18. The average Bonchev–Trinajstić information content (AvgIpc) is 2.46. The first-order chi connectivity index (χ1) is 6.56. The predicted molar refractivity (Wildman–Crippen MR) is 51.1 cm³/mol. The lowest BCUT2D eigenvalue weighted by atomic mass is 10.0. The molecule has 0 radical (unpaired) electrons. The SMILES string of the molecule is COC(=O)c1onc(C)c1CC(C)C. The zero-order valence-corrected chi connectivity index (χ0v) is 8.96. The number of methoxy groups -OCH3 is 1. The lowest BCUT2D eigenvalue weighted by molar-refractivity contribution is 0.0552. The molecule has 0 fully saturated rings. The largest absolute Gasteiger partial charge is 0.463 e. The van der Waals surface area contributed by atoms with Crippen LogP contribution in [0.25, 0.3) is 0 Å². The Morgan fingerprint density at radius 1 is 1.57 bits per heavy atom. The Bertz CT molecular complexity index is 328. The van der Waals surface area contributed by atoms with Gasteiger partial charge in [-0.2, -0.15) is 0 Å². The van der Waals surface area contributed by atoms with Crippen LogP contribution in [-0.2, 0) is 11.2 Å². The van der Waals surface area contributed by atoms with Crippen molar-refractivity contribution in [3.63, 3.8) is 0 Å². The van der Waals surface area contributed by atoms with E-state index in [1.807, 2.05) is 6.92 Å². The fraction of sp³-hybridized carbons (Fsp3) is 0.600. The van der Waals surface area contributed by atoms with E-state index in [9.17, 15) is 4.79 Å². The summed E-state index contributed by atoms with van der Waals surface area (Å²) in [6, 6.07) is 0. The molecule has 0 aromatic carbocycles. The molecule has 0 saturated heterocycles. The van der Waals surface area contributed by atoms with E-state index in [-0.39, 0.29) is 5.76 Å². The van der Waals surface area contributed by atoms with Gasteiger partial charge in [-0.15, -0.1) is 0 Å². The van der Waals surface area contributed by atoms with Gasteiger partial charge in [0.15, 0.2) is 0 Å². The maximum absolute atomic E-state index is 11.3. The van der Waals surface area contributed by atoms with Gasteiger partial charge in [-0.05, 0) is 19.3 Å². The molecule has 4 nitrogen and oxygen atoms in total. The Balaban J connectivity index is 2.99. The minimum absolute atomic E-state index is 0.235. The van der Waals surface area contributed by atoms with Crippen molar-refractivity contribution < 1.29 is 14.1 Å². The van der Waals surface area contributed by atoms with Crippen LogP contribution in [0.1, 0.15) is 35.7 Å². The number of carbonyl (C=O) groups excluding carboxylic acids is 1. The van der Waals surface area contributed by atoms with E-state index in [0.29, 0.717) is 5.92 Å². The van der Waals surface area contributed by atoms with Gasteiger partial charge in [0.2, 0.25) is 5.76 Å². The zero-order valence-electron chi connectivity index (χ0n) is 8.96. The van der Waals surface area contributed by atoms with Crippen molar-refractivity contribution in [3.05, 3.63) is 17.0 Å². The highest BCUT2D eigenvalue weighted by Gasteiger charge is 2.21. The van der Waals surface area contributed by atoms with E-state index in [2.05, 4.69) is 23.7 Å². The Kier molecular flexibility index (Phi) is 3.28. The van der Waals surface area contributed by atoms with Gasteiger partial charge in [-0.1, -0.05) is 19.0 Å². The molecule has 1 aromatic rings. The number of rotatable bonds is 3. The summed E-state index contributed by atoms with van der Waals surface area (Å²) in [5.74, 6) is 0.233. The summed E-state index contributed by atoms with van der Waals surface area (Å²) < 4.78 is 9.52. The molecule has 1 rings (SSSR count). The van der Waals surface area contributed by atoms with Crippen LogP contribution in [0.4, 0.5) is 0 Å². The molecule has 0 unspecified atom stereocenters. The van der Waals surface area contributed by atoms with E-state index in [1.165, 1.54) is 7.11 Å². The van der Waals surface area contributed by atoms with Crippen molar-refractivity contribution in [2.75, 3.05) is 7.11 Å². The number of ether oxygens (including phenoxy) is 1. The summed E-state index contributed by atoms with van der Waals surface area (Å²) in [6.07, 6.45) is 0.778. The maximum atomic E-state index is 11.3. The molecule has 0 aliphatic heterocycles. The monoisotopic (exact) mass is 197 g/mol. The van der Waals surface area contributed by atoms with Gasteiger partial charge in [0, 0.05) is 5.56 Å². The van der Waals surface area contributed by atoms with Crippen molar-refractivity contribution >= 4 is 5.97 Å². The maximum Gasteiger partial charge on any atom is 0.377 e. The average molecular weight is 197 g/mol. The van der Waals surface area contributed by atoms with Crippen LogP contribution in [0.5, 0.6) is 0 Å². The predicted octanol–water partition coefficient (Wildman–Crippen LogP) is 1.97. The van der Waals surface area contributed by atoms with E-state index >= 15 is 0 Å². The molecular formula is C10H15NO3. The van der Waals surface area contributed by atoms with Crippen LogP contribution in [0.3, 0.4) is 0 Å². The molecule has 0 aliphatic carbocycles. The second-order valence-corrected chi connectivity index (χ2v) is 3.67. The molecule has 0 saturated carbocycles. The van der Waals surface area contributed by atoms with Crippen molar-refractivity contribution in [2.45, 2.75) is 27.2 Å². The van der Waals surface area contributed by atoms with Gasteiger partial charge < -0.3 is 9.26 Å². The number of aryl methyl sites for hydroxylation is 1. The van der Waals surface area contributed by atoms with Crippen LogP contribution in [0.2, 0.25) is 0 Å². The van der Waals surface area contributed by atoms with Gasteiger partial charge in [-0.3, -0.25) is 0 Å². The van der Waals surface area contributed by atoms with Gasteiger partial charge in [0.25, 0.3) is 0 Å². The number of nitrogens with zero attached hydrogens (tertiary/aromatic N) is 1. The van der Waals surface area contributed by atoms with Gasteiger partial charge in [0.1, 0.15) is 0 Å². The highest BCUT2D eigenvalue weighted by atomic mass is 16.5. The Hall–Kier alpha value is -1.32. The number of aromatic nitrogens is 1. The summed E-state index contributed by atoms with van der Waals surface area (Å²) >= 11 is 0. The quantitative estimate of drug-likeness (QED) is 0.695. The van der Waals surface area contributed by atoms with Crippen LogP contribution < -0.4 is 0 Å². The number of hydrogen-bond donors (Lipinski definition) is 0. The second-order valence-electron chi connectivity index (χ2n) is 3.67. The van der Waals surface area contributed by atoms with Crippen molar-refractivity contribution in [2.24, 2.45) is 5.92 Å². The molecule has 0 atom stereocenters. The van der Waals surface area contributed by atoms with E-state index < -0.39 is 5.97 Å². The van der Waals surface area contributed by atoms with Crippen molar-refractivity contribution in [3.8, 4) is 0 Å². The Morgan fingerprint density at radius 2 is 2.21 bits per heavy atom. The first kappa shape index (κ1) is 10.8. The molecule has 78 valence electrons. The molecule has 0 amide bonds. The minimum Gasteiger partial charge on any atom is -0.463 e. The zero-order chi connectivity index (χ0) is 10.7. The first-order valence-electron chi connectivity index (χ1n) is 4.59. The van der Waals surface area contributed by atoms with E-state index in [1.54, 1.807) is 0 Å². The summed E-state index contributed by atoms with van der Waals surface area (Å²) in [5, 5.41) is 3.76. The third-order valence-electron chi connectivity index (χ3n) is 1.97.